The van der Waals surface area contributed by atoms with Gasteiger partial charge in [-0.25, -0.2) is 9.78 Å². The zero-order valence-corrected chi connectivity index (χ0v) is 10.5. The van der Waals surface area contributed by atoms with Gasteiger partial charge in [-0.05, 0) is 6.42 Å². The van der Waals surface area contributed by atoms with Crippen LogP contribution in [0.25, 0.3) is 0 Å². The molecular formula is C11H18N4O3. The summed E-state index contributed by atoms with van der Waals surface area (Å²) < 4.78 is 0. The molecule has 1 aromatic heterocycles. The first-order valence-electron chi connectivity index (χ1n) is 5.70. The molecule has 7 nitrogen and oxygen atoms in total. The molecule has 1 rings (SSSR count). The molecule has 1 heterocycles. The number of nitrogens with zero attached hydrogens (tertiary/aromatic N) is 2. The first kappa shape index (κ1) is 14.0. The molecule has 0 aromatic carbocycles. The quantitative estimate of drug-likeness (QED) is 0.694. The Morgan fingerprint density at radius 3 is 2.89 bits per heavy atom. The lowest BCUT2D eigenvalue weighted by Crippen LogP contribution is -2.38. The van der Waals surface area contributed by atoms with Crippen molar-refractivity contribution in [1.82, 2.24) is 20.2 Å². The van der Waals surface area contributed by atoms with Crippen LogP contribution in [0.15, 0.2) is 12.4 Å². The van der Waals surface area contributed by atoms with Gasteiger partial charge in [-0.15, -0.1) is 0 Å². The maximum atomic E-state index is 11.6. The van der Waals surface area contributed by atoms with Crippen LogP contribution in [0.2, 0.25) is 0 Å². The van der Waals surface area contributed by atoms with Crippen LogP contribution in [0, 0.1) is 5.92 Å². The molecule has 0 aliphatic carbocycles. The molecule has 3 N–H and O–H groups in total. The van der Waals surface area contributed by atoms with E-state index in [-0.39, 0.29) is 6.03 Å². The van der Waals surface area contributed by atoms with Crippen LogP contribution in [0.1, 0.15) is 19.2 Å². The van der Waals surface area contributed by atoms with Gasteiger partial charge in [0.05, 0.1) is 12.5 Å². The Balaban J connectivity index is 2.26. The second-order valence-electron chi connectivity index (χ2n) is 4.15. The molecule has 100 valence electrons. The number of carboxylic acids is 1. The third kappa shape index (κ3) is 4.44. The summed E-state index contributed by atoms with van der Waals surface area (Å²) in [7, 11) is 1.65. The minimum Gasteiger partial charge on any atom is -0.481 e. The van der Waals surface area contributed by atoms with E-state index in [1.54, 1.807) is 26.4 Å². The van der Waals surface area contributed by atoms with Crippen molar-refractivity contribution >= 4 is 12.0 Å². The number of hydrogen-bond donors (Lipinski definition) is 3. The van der Waals surface area contributed by atoms with E-state index in [1.165, 1.54) is 4.90 Å². The molecule has 0 radical (unpaired) electrons. The number of urea groups is 1. The van der Waals surface area contributed by atoms with Crippen molar-refractivity contribution in [2.24, 2.45) is 5.92 Å². The van der Waals surface area contributed by atoms with E-state index in [0.717, 1.165) is 0 Å². The number of amides is 2. The van der Waals surface area contributed by atoms with Crippen molar-refractivity contribution in [3.8, 4) is 0 Å². The van der Waals surface area contributed by atoms with Crippen molar-refractivity contribution in [2.75, 3.05) is 13.6 Å². The second-order valence-corrected chi connectivity index (χ2v) is 4.15. The van der Waals surface area contributed by atoms with Crippen LogP contribution >= 0.6 is 0 Å². The van der Waals surface area contributed by atoms with Gasteiger partial charge in [0.2, 0.25) is 0 Å². The fourth-order valence-corrected chi connectivity index (χ4v) is 1.33. The Bertz CT molecular complexity index is 391. The van der Waals surface area contributed by atoms with Crippen LogP contribution in [-0.4, -0.2) is 45.6 Å². The summed E-state index contributed by atoms with van der Waals surface area (Å²) in [6, 6.07) is -0.246. The normalized spacial score (nSPS) is 11.9. The first-order valence-corrected chi connectivity index (χ1v) is 5.70. The highest BCUT2D eigenvalue weighted by atomic mass is 16.4. The predicted octanol–water partition coefficient (Wildman–Crippen LogP) is 0.662. The van der Waals surface area contributed by atoms with E-state index in [0.29, 0.717) is 25.3 Å². The number of carbonyl (C=O) groups excluding carboxylic acids is 1. The molecule has 18 heavy (non-hydrogen) atoms. The van der Waals surface area contributed by atoms with Gasteiger partial charge >= 0.3 is 12.0 Å². The van der Waals surface area contributed by atoms with Gasteiger partial charge in [0.15, 0.2) is 0 Å². The molecule has 0 spiro atoms. The monoisotopic (exact) mass is 254 g/mol. The SMILES string of the molecule is CC(CCNC(=O)N(C)Cc1ncc[nH]1)C(=O)O. The van der Waals surface area contributed by atoms with Gasteiger partial charge in [-0.3, -0.25) is 4.79 Å². The number of aromatic amines is 1. The standard InChI is InChI=1S/C11H18N4O3/c1-8(10(16)17)3-4-14-11(18)15(2)7-9-12-5-6-13-9/h5-6,8H,3-4,7H2,1-2H3,(H,12,13)(H,14,18)(H,16,17). The predicted molar refractivity (Wildman–Crippen MR) is 64.9 cm³/mol. The Morgan fingerprint density at radius 1 is 1.61 bits per heavy atom. The van der Waals surface area contributed by atoms with Crippen molar-refractivity contribution < 1.29 is 14.7 Å². The van der Waals surface area contributed by atoms with Crippen molar-refractivity contribution in [2.45, 2.75) is 19.9 Å². The van der Waals surface area contributed by atoms with E-state index >= 15 is 0 Å². The number of aliphatic carboxylic acids is 1. The highest BCUT2D eigenvalue weighted by Crippen LogP contribution is 2.00. The summed E-state index contributed by atoms with van der Waals surface area (Å²) in [4.78, 5) is 30.6. The van der Waals surface area contributed by atoms with Crippen LogP contribution < -0.4 is 5.32 Å². The molecule has 1 unspecified atom stereocenters. The number of aromatic nitrogens is 2. The summed E-state index contributed by atoms with van der Waals surface area (Å²) in [6.07, 6.45) is 3.72. The summed E-state index contributed by atoms with van der Waals surface area (Å²) in [5, 5.41) is 11.4. The molecule has 0 bridgehead atoms. The summed E-state index contributed by atoms with van der Waals surface area (Å²) in [6.45, 7) is 2.34. The number of carbonyl (C=O) groups is 2. The summed E-state index contributed by atoms with van der Waals surface area (Å²) in [5.41, 5.74) is 0. The van der Waals surface area contributed by atoms with Crippen LogP contribution in [0.3, 0.4) is 0 Å². The zero-order valence-electron chi connectivity index (χ0n) is 10.5. The van der Waals surface area contributed by atoms with Crippen molar-refractivity contribution in [3.05, 3.63) is 18.2 Å². The van der Waals surface area contributed by atoms with E-state index in [9.17, 15) is 9.59 Å². The van der Waals surface area contributed by atoms with Crippen LogP contribution in [-0.2, 0) is 11.3 Å². The molecule has 7 heteroatoms. The van der Waals surface area contributed by atoms with Gasteiger partial charge in [0.1, 0.15) is 5.82 Å². The molecule has 0 aliphatic heterocycles. The van der Waals surface area contributed by atoms with Gasteiger partial charge < -0.3 is 20.3 Å². The van der Waals surface area contributed by atoms with Gasteiger partial charge in [0, 0.05) is 26.0 Å². The van der Waals surface area contributed by atoms with Gasteiger partial charge in [-0.2, -0.15) is 0 Å². The average Bonchev–Trinajstić information content (AvgIpc) is 2.81. The Morgan fingerprint density at radius 2 is 2.33 bits per heavy atom. The molecule has 1 aromatic rings. The van der Waals surface area contributed by atoms with E-state index < -0.39 is 11.9 Å². The largest absolute Gasteiger partial charge is 0.481 e. The number of rotatable bonds is 6. The number of carboxylic acid groups (broad SMARTS) is 1. The summed E-state index contributed by atoms with van der Waals surface area (Å²) in [5.74, 6) is -0.611. The van der Waals surface area contributed by atoms with Crippen molar-refractivity contribution in [3.63, 3.8) is 0 Å². The average molecular weight is 254 g/mol. The molecule has 0 fully saturated rings. The number of H-pyrrole nitrogens is 1. The highest BCUT2D eigenvalue weighted by molar-refractivity contribution is 5.74. The Hall–Kier alpha value is -2.05. The molecular weight excluding hydrogens is 236 g/mol. The number of imidazole rings is 1. The fourth-order valence-electron chi connectivity index (χ4n) is 1.33. The molecule has 0 saturated heterocycles. The Kier molecular flexibility index (Phi) is 5.16. The maximum Gasteiger partial charge on any atom is 0.317 e. The van der Waals surface area contributed by atoms with Gasteiger partial charge in [-0.1, -0.05) is 6.92 Å². The van der Waals surface area contributed by atoms with Crippen LogP contribution in [0.4, 0.5) is 4.79 Å². The lowest BCUT2D eigenvalue weighted by molar-refractivity contribution is -0.141. The minimum absolute atomic E-state index is 0.246. The first-order chi connectivity index (χ1) is 8.50. The molecule has 2 amide bonds. The lowest BCUT2D eigenvalue weighted by Gasteiger charge is -2.17. The van der Waals surface area contributed by atoms with Crippen molar-refractivity contribution in [1.29, 1.82) is 0 Å². The van der Waals surface area contributed by atoms with E-state index in [1.807, 2.05) is 0 Å². The topological polar surface area (TPSA) is 98.3 Å². The number of hydrogen-bond acceptors (Lipinski definition) is 3. The minimum atomic E-state index is -0.854. The Labute approximate surface area is 105 Å². The third-order valence-electron chi connectivity index (χ3n) is 2.56. The second kappa shape index (κ2) is 6.63. The number of nitrogens with one attached hydrogen (secondary N) is 2. The third-order valence-corrected chi connectivity index (χ3v) is 2.56. The van der Waals surface area contributed by atoms with Gasteiger partial charge in [0.25, 0.3) is 0 Å². The maximum absolute atomic E-state index is 11.6. The lowest BCUT2D eigenvalue weighted by atomic mass is 10.1. The molecule has 0 saturated carbocycles. The summed E-state index contributed by atoms with van der Waals surface area (Å²) >= 11 is 0. The van der Waals surface area contributed by atoms with E-state index in [4.69, 9.17) is 5.11 Å². The molecule has 0 aliphatic rings. The van der Waals surface area contributed by atoms with E-state index in [2.05, 4.69) is 15.3 Å². The zero-order chi connectivity index (χ0) is 13.5. The fraction of sp³-hybridized carbons (Fsp3) is 0.545. The van der Waals surface area contributed by atoms with Crippen LogP contribution in [0.5, 0.6) is 0 Å². The smallest absolute Gasteiger partial charge is 0.317 e. The highest BCUT2D eigenvalue weighted by Gasteiger charge is 2.13. The molecule has 1 atom stereocenters.